The molecule has 38 heavy (non-hydrogen) atoms. The zero-order valence-electron chi connectivity index (χ0n) is 21.8. The summed E-state index contributed by atoms with van der Waals surface area (Å²) in [5.41, 5.74) is 1.94. The van der Waals surface area contributed by atoms with Crippen LogP contribution in [0.5, 0.6) is 5.75 Å². The Bertz CT molecular complexity index is 1260. The molecule has 12 heteroatoms. The van der Waals surface area contributed by atoms with E-state index in [2.05, 4.69) is 15.3 Å². The van der Waals surface area contributed by atoms with Gasteiger partial charge in [-0.1, -0.05) is 0 Å². The van der Waals surface area contributed by atoms with Crippen LogP contribution in [0.1, 0.15) is 40.0 Å². The Morgan fingerprint density at radius 1 is 1.34 bits per heavy atom. The number of carbonyl (C=O) groups excluding carboxylic acids is 3. The Kier molecular flexibility index (Phi) is 8.50. The first-order chi connectivity index (χ1) is 18.3. The second-order valence-corrected chi connectivity index (χ2v) is 9.43. The van der Waals surface area contributed by atoms with Crippen molar-refractivity contribution in [2.45, 2.75) is 31.8 Å². The first-order valence-electron chi connectivity index (χ1n) is 12.4. The van der Waals surface area contributed by atoms with E-state index in [0.29, 0.717) is 63.2 Å². The molecule has 2 aliphatic rings. The summed E-state index contributed by atoms with van der Waals surface area (Å²) in [5.74, 6) is 0.945. The van der Waals surface area contributed by atoms with Crippen molar-refractivity contribution in [3.05, 3.63) is 40.7 Å². The molecule has 1 N–H and O–H groups in total. The predicted octanol–water partition coefficient (Wildman–Crippen LogP) is 1.83. The fourth-order valence-corrected chi connectivity index (χ4v) is 4.56. The number of rotatable bonds is 9. The topological polar surface area (TPSA) is 141 Å². The van der Waals surface area contributed by atoms with Gasteiger partial charge in [0.25, 0.3) is 0 Å². The molecule has 2 aromatic heterocycles. The van der Waals surface area contributed by atoms with Gasteiger partial charge >= 0.3 is 6.03 Å². The molecular weight excluding hydrogens is 490 g/mol. The Hall–Kier alpha value is -4.08. The summed E-state index contributed by atoms with van der Waals surface area (Å²) in [6.45, 7) is 1.87. The van der Waals surface area contributed by atoms with E-state index in [4.69, 9.17) is 9.47 Å². The molecule has 200 valence electrons. The summed E-state index contributed by atoms with van der Waals surface area (Å²) in [6, 6.07) is 5.04. The van der Waals surface area contributed by atoms with Crippen LogP contribution in [0.4, 0.5) is 16.4 Å². The number of hydrogen-bond donors (Lipinski definition) is 1. The lowest BCUT2D eigenvalue weighted by Crippen LogP contribution is -2.40. The van der Waals surface area contributed by atoms with Crippen molar-refractivity contribution in [3.63, 3.8) is 0 Å². The van der Waals surface area contributed by atoms with Crippen molar-refractivity contribution in [2.24, 2.45) is 0 Å². The summed E-state index contributed by atoms with van der Waals surface area (Å²) in [6.07, 6.45) is 3.84. The van der Waals surface area contributed by atoms with E-state index < -0.39 is 6.03 Å². The fraction of sp³-hybridized carbons (Fsp3) is 0.462. The molecule has 2 aromatic rings. The summed E-state index contributed by atoms with van der Waals surface area (Å²) >= 11 is 0. The van der Waals surface area contributed by atoms with Gasteiger partial charge in [0.1, 0.15) is 41.3 Å². The third-order valence-corrected chi connectivity index (χ3v) is 6.68. The maximum absolute atomic E-state index is 13.2. The minimum absolute atomic E-state index is 0.0414. The van der Waals surface area contributed by atoms with Crippen molar-refractivity contribution in [1.29, 1.82) is 5.26 Å². The number of methoxy groups -OCH3 is 1. The lowest BCUT2D eigenvalue weighted by atomic mass is 10.0. The standard InChI is InChI=1S/C26H31N7O5/c1-31(2)20-10-24(35)32(15-20)14-18-9-17-5-4-6-33(25(17)29-21(18)16-34)26(36)30-23-11-22(38-8-7-37-3)19(12-27)13-28-23/h9,11,13,16,20H,4-8,10,14-15H2,1-3H3,(H,28,30,36)/t20-/m0/s1. The van der Waals surface area contributed by atoms with E-state index in [-0.39, 0.29) is 41.4 Å². The van der Waals surface area contributed by atoms with E-state index >= 15 is 0 Å². The molecule has 4 heterocycles. The van der Waals surface area contributed by atoms with Crippen LogP contribution in [0.15, 0.2) is 18.3 Å². The summed E-state index contributed by atoms with van der Waals surface area (Å²) in [4.78, 5) is 51.7. The molecule has 4 rings (SSSR count). The maximum Gasteiger partial charge on any atom is 0.328 e. The smallest absolute Gasteiger partial charge is 0.328 e. The van der Waals surface area contributed by atoms with E-state index in [0.717, 1.165) is 5.56 Å². The minimum Gasteiger partial charge on any atom is -0.490 e. The molecule has 1 saturated heterocycles. The summed E-state index contributed by atoms with van der Waals surface area (Å²) in [7, 11) is 5.44. The fourth-order valence-electron chi connectivity index (χ4n) is 4.56. The summed E-state index contributed by atoms with van der Waals surface area (Å²) < 4.78 is 10.6. The SMILES string of the molecule is COCCOc1cc(NC(=O)N2CCCc3cc(CN4C[C@@H](N(C)C)CC4=O)c(C=O)nc32)ncc1C#N. The van der Waals surface area contributed by atoms with Crippen LogP contribution in [-0.4, -0.2) is 91.5 Å². The van der Waals surface area contributed by atoms with Gasteiger partial charge in [-0.2, -0.15) is 5.26 Å². The van der Waals surface area contributed by atoms with Crippen LogP contribution in [-0.2, 0) is 22.5 Å². The molecule has 0 aliphatic carbocycles. The minimum atomic E-state index is -0.466. The number of nitrogens with one attached hydrogen (secondary N) is 1. The van der Waals surface area contributed by atoms with E-state index in [1.165, 1.54) is 17.2 Å². The average molecular weight is 522 g/mol. The van der Waals surface area contributed by atoms with Gasteiger partial charge in [-0.15, -0.1) is 0 Å². The lowest BCUT2D eigenvalue weighted by Gasteiger charge is -2.29. The van der Waals surface area contributed by atoms with Gasteiger partial charge in [-0.25, -0.2) is 14.8 Å². The number of aryl methyl sites for hydroxylation is 1. The third kappa shape index (κ3) is 5.90. The Morgan fingerprint density at radius 3 is 2.84 bits per heavy atom. The molecule has 0 unspecified atom stereocenters. The van der Waals surface area contributed by atoms with Crippen LogP contribution < -0.4 is 15.0 Å². The molecule has 1 atom stereocenters. The number of carbonyl (C=O) groups is 3. The van der Waals surface area contributed by atoms with E-state index in [9.17, 15) is 19.6 Å². The van der Waals surface area contributed by atoms with Gasteiger partial charge in [0, 0.05) is 50.8 Å². The molecule has 0 aromatic carbocycles. The Labute approximate surface area is 221 Å². The number of urea groups is 1. The van der Waals surface area contributed by atoms with Crippen molar-refractivity contribution >= 4 is 29.9 Å². The largest absolute Gasteiger partial charge is 0.490 e. The van der Waals surface area contributed by atoms with E-state index in [1.54, 1.807) is 12.0 Å². The van der Waals surface area contributed by atoms with Crippen molar-refractivity contribution < 1.29 is 23.9 Å². The number of nitrogens with zero attached hydrogens (tertiary/aromatic N) is 6. The number of aldehydes is 1. The highest BCUT2D eigenvalue weighted by molar-refractivity contribution is 6.01. The van der Waals surface area contributed by atoms with Gasteiger partial charge in [0.05, 0.1) is 12.8 Å². The normalized spacial score (nSPS) is 16.8. The zero-order chi connectivity index (χ0) is 27.2. The molecule has 2 aliphatic heterocycles. The van der Waals surface area contributed by atoms with Gasteiger partial charge in [-0.3, -0.25) is 19.8 Å². The van der Waals surface area contributed by atoms with Crippen molar-refractivity contribution in [2.75, 3.05) is 57.7 Å². The van der Waals surface area contributed by atoms with Gasteiger partial charge < -0.3 is 19.3 Å². The molecule has 1 fully saturated rings. The molecule has 0 spiro atoms. The van der Waals surface area contributed by atoms with E-state index in [1.807, 2.05) is 31.1 Å². The first kappa shape index (κ1) is 27.0. The van der Waals surface area contributed by atoms with Gasteiger partial charge in [0.15, 0.2) is 6.29 Å². The number of fused-ring (bicyclic) bond motifs is 1. The van der Waals surface area contributed by atoms with Gasteiger partial charge in [-0.05, 0) is 38.6 Å². The molecule has 3 amide bonds. The van der Waals surface area contributed by atoms with Crippen LogP contribution in [0.2, 0.25) is 0 Å². The Morgan fingerprint density at radius 2 is 2.16 bits per heavy atom. The number of nitriles is 1. The molecule has 0 bridgehead atoms. The second-order valence-electron chi connectivity index (χ2n) is 9.43. The molecule has 12 nitrogen and oxygen atoms in total. The monoisotopic (exact) mass is 521 g/mol. The maximum atomic E-state index is 13.2. The number of anilines is 2. The summed E-state index contributed by atoms with van der Waals surface area (Å²) in [5, 5.41) is 12.1. The number of likely N-dealkylation sites (tertiary alicyclic amines) is 1. The number of ether oxygens (including phenoxy) is 2. The number of hydrogen-bond acceptors (Lipinski definition) is 9. The highest BCUT2D eigenvalue weighted by atomic mass is 16.5. The second kappa shape index (κ2) is 12.0. The third-order valence-electron chi connectivity index (χ3n) is 6.68. The highest BCUT2D eigenvalue weighted by Gasteiger charge is 2.32. The predicted molar refractivity (Wildman–Crippen MR) is 138 cm³/mol. The van der Waals surface area contributed by atoms with Crippen molar-refractivity contribution in [3.8, 4) is 11.8 Å². The van der Waals surface area contributed by atoms with Crippen LogP contribution in [0.25, 0.3) is 0 Å². The zero-order valence-corrected chi connectivity index (χ0v) is 21.8. The van der Waals surface area contributed by atoms with Crippen LogP contribution >= 0.6 is 0 Å². The lowest BCUT2D eigenvalue weighted by molar-refractivity contribution is -0.128. The molecule has 0 radical (unpaired) electrons. The van der Waals surface area contributed by atoms with Crippen molar-refractivity contribution in [1.82, 2.24) is 19.8 Å². The van der Waals surface area contributed by atoms with Crippen LogP contribution in [0, 0.1) is 11.3 Å². The Balaban J connectivity index is 1.53. The average Bonchev–Trinajstić information content (AvgIpc) is 3.28. The van der Waals surface area contributed by atoms with Crippen LogP contribution in [0.3, 0.4) is 0 Å². The quantitative estimate of drug-likeness (QED) is 0.386. The molecule has 0 saturated carbocycles. The first-order valence-corrected chi connectivity index (χ1v) is 12.4. The number of pyridine rings is 2. The molecular formula is C26H31N7O5. The van der Waals surface area contributed by atoms with Gasteiger partial charge in [0.2, 0.25) is 5.91 Å². The number of amides is 3. The highest BCUT2D eigenvalue weighted by Crippen LogP contribution is 2.29. The number of likely N-dealkylation sites (N-methyl/N-ethyl adjacent to an activating group) is 1. The number of aromatic nitrogens is 2.